The van der Waals surface area contributed by atoms with E-state index >= 15 is 0 Å². The molecule has 0 saturated carbocycles. The van der Waals surface area contributed by atoms with E-state index in [9.17, 15) is 0 Å². The Labute approximate surface area is 48.0 Å². The molecule has 0 bridgehead atoms. The molecule has 0 amide bonds. The fourth-order valence-corrected chi connectivity index (χ4v) is 0.320. The molecule has 0 spiro atoms. The molecule has 0 aliphatic carbocycles. The fraction of sp³-hybridized carbons (Fsp3) is 1.00. The molecule has 0 N–H and O–H groups in total. The van der Waals surface area contributed by atoms with Crippen LogP contribution in [-0.2, 0) is 4.43 Å². The van der Waals surface area contributed by atoms with Crippen LogP contribution in [0.25, 0.3) is 0 Å². The summed E-state index contributed by atoms with van der Waals surface area (Å²) in [5, 5.41) is 0. The van der Waals surface area contributed by atoms with Crippen molar-refractivity contribution < 1.29 is 4.43 Å². The SMILES string of the molecule is CN(C)CCO[Si]. The van der Waals surface area contributed by atoms with E-state index in [-0.39, 0.29) is 0 Å². The van der Waals surface area contributed by atoms with Crippen molar-refractivity contribution in [3.05, 3.63) is 0 Å². The monoisotopic (exact) mass is 116 g/mol. The number of hydrogen-bond acceptors (Lipinski definition) is 2. The van der Waals surface area contributed by atoms with Crippen LogP contribution in [0.3, 0.4) is 0 Å². The van der Waals surface area contributed by atoms with E-state index in [1.165, 1.54) is 0 Å². The van der Waals surface area contributed by atoms with Gasteiger partial charge in [-0.3, -0.25) is 0 Å². The molecule has 0 atom stereocenters. The lowest BCUT2D eigenvalue weighted by atomic mass is 10.6. The lowest BCUT2D eigenvalue weighted by Gasteiger charge is -2.06. The average Bonchev–Trinajstić information content (AvgIpc) is 1.61. The van der Waals surface area contributed by atoms with Crippen molar-refractivity contribution in [2.75, 3.05) is 27.2 Å². The van der Waals surface area contributed by atoms with Gasteiger partial charge in [0.1, 0.15) is 0 Å². The Morgan fingerprint density at radius 3 is 2.29 bits per heavy atom. The molecule has 0 fully saturated rings. The van der Waals surface area contributed by atoms with Crippen LogP contribution in [0.5, 0.6) is 0 Å². The quantitative estimate of drug-likeness (QED) is 0.467. The zero-order valence-electron chi connectivity index (χ0n) is 4.77. The number of likely N-dealkylation sites (N-methyl/N-ethyl adjacent to an activating group) is 1. The van der Waals surface area contributed by atoms with E-state index in [1.54, 1.807) is 0 Å². The molecule has 0 rings (SSSR count). The summed E-state index contributed by atoms with van der Waals surface area (Å²) in [6, 6.07) is 0. The van der Waals surface area contributed by atoms with Gasteiger partial charge in [-0.25, -0.2) is 0 Å². The standard InChI is InChI=1S/C4H10NOSi/c1-5(2)3-4-6-7/h3-4H2,1-2H3. The second-order valence-corrected chi connectivity index (χ2v) is 1.94. The van der Waals surface area contributed by atoms with E-state index in [4.69, 9.17) is 0 Å². The van der Waals surface area contributed by atoms with Crippen LogP contribution in [0, 0.1) is 0 Å². The van der Waals surface area contributed by atoms with Gasteiger partial charge in [0, 0.05) is 13.2 Å². The van der Waals surface area contributed by atoms with Crippen LogP contribution < -0.4 is 0 Å². The van der Waals surface area contributed by atoms with E-state index in [0.717, 1.165) is 13.2 Å². The van der Waals surface area contributed by atoms with Gasteiger partial charge >= 0.3 is 0 Å². The Balaban J connectivity index is 2.68. The van der Waals surface area contributed by atoms with Gasteiger partial charge in [0.2, 0.25) is 10.5 Å². The highest BCUT2D eigenvalue weighted by atomic mass is 28.2. The zero-order chi connectivity index (χ0) is 5.70. The first-order chi connectivity index (χ1) is 3.27. The molecule has 3 heteroatoms. The number of hydrogen-bond donors (Lipinski definition) is 0. The second-order valence-electron chi connectivity index (χ2n) is 1.65. The minimum Gasteiger partial charge on any atom is -0.417 e. The van der Waals surface area contributed by atoms with Crippen LogP contribution in [0.2, 0.25) is 0 Å². The lowest BCUT2D eigenvalue weighted by Crippen LogP contribution is -2.17. The van der Waals surface area contributed by atoms with Crippen molar-refractivity contribution in [3.8, 4) is 0 Å². The Hall–Kier alpha value is 0.137. The molecular formula is C4H10NOSi. The first-order valence-electron chi connectivity index (χ1n) is 2.20. The second kappa shape index (κ2) is 4.30. The van der Waals surface area contributed by atoms with E-state index in [1.807, 2.05) is 14.1 Å². The molecule has 0 saturated heterocycles. The Morgan fingerprint density at radius 1 is 1.57 bits per heavy atom. The number of rotatable bonds is 3. The van der Waals surface area contributed by atoms with Gasteiger partial charge < -0.3 is 9.33 Å². The molecule has 41 valence electrons. The fourth-order valence-electron chi connectivity index (χ4n) is 0.228. The molecule has 7 heavy (non-hydrogen) atoms. The normalized spacial score (nSPS) is 10.3. The highest BCUT2D eigenvalue weighted by Gasteiger charge is 1.83. The maximum absolute atomic E-state index is 4.62. The molecule has 0 heterocycles. The molecule has 0 aromatic carbocycles. The summed E-state index contributed by atoms with van der Waals surface area (Å²) in [6.45, 7) is 1.70. The Bertz CT molecular complexity index is 40.7. The maximum atomic E-state index is 4.62. The topological polar surface area (TPSA) is 12.5 Å². The van der Waals surface area contributed by atoms with Gasteiger partial charge in [-0.15, -0.1) is 0 Å². The molecule has 0 aromatic heterocycles. The third kappa shape index (κ3) is 6.14. The molecule has 0 aromatic rings. The van der Waals surface area contributed by atoms with Crippen LogP contribution in [0.4, 0.5) is 0 Å². The van der Waals surface area contributed by atoms with Crippen molar-refractivity contribution in [1.82, 2.24) is 4.90 Å². The van der Waals surface area contributed by atoms with Gasteiger partial charge in [0.25, 0.3) is 0 Å². The van der Waals surface area contributed by atoms with Gasteiger partial charge in [-0.2, -0.15) is 0 Å². The van der Waals surface area contributed by atoms with Crippen LogP contribution >= 0.6 is 0 Å². The largest absolute Gasteiger partial charge is 0.417 e. The van der Waals surface area contributed by atoms with Crippen molar-refractivity contribution in [2.45, 2.75) is 0 Å². The van der Waals surface area contributed by atoms with Crippen LogP contribution in [0.15, 0.2) is 0 Å². The molecule has 0 unspecified atom stereocenters. The van der Waals surface area contributed by atoms with Crippen LogP contribution in [0.1, 0.15) is 0 Å². The predicted octanol–water partition coefficient (Wildman–Crippen LogP) is -0.352. The highest BCUT2D eigenvalue weighted by molar-refractivity contribution is 5.97. The van der Waals surface area contributed by atoms with Crippen molar-refractivity contribution in [2.24, 2.45) is 0 Å². The van der Waals surface area contributed by atoms with Crippen molar-refractivity contribution in [1.29, 1.82) is 0 Å². The summed E-state index contributed by atoms with van der Waals surface area (Å²) in [6.07, 6.45) is 0. The van der Waals surface area contributed by atoms with Gasteiger partial charge in [0.15, 0.2) is 0 Å². The third-order valence-electron chi connectivity index (χ3n) is 0.641. The third-order valence-corrected chi connectivity index (χ3v) is 0.845. The van der Waals surface area contributed by atoms with Crippen LogP contribution in [-0.4, -0.2) is 42.6 Å². The van der Waals surface area contributed by atoms with Crippen molar-refractivity contribution >= 4 is 10.5 Å². The molecular weight excluding hydrogens is 106 g/mol. The van der Waals surface area contributed by atoms with Gasteiger partial charge in [-0.1, -0.05) is 0 Å². The first kappa shape index (κ1) is 7.14. The Kier molecular flexibility index (Phi) is 4.38. The molecule has 0 aliphatic rings. The highest BCUT2D eigenvalue weighted by Crippen LogP contribution is 1.71. The van der Waals surface area contributed by atoms with Gasteiger partial charge in [0.05, 0.1) is 0 Å². The first-order valence-corrected chi connectivity index (χ1v) is 2.61. The summed E-state index contributed by atoms with van der Waals surface area (Å²) >= 11 is 0. The minimum atomic E-state index is 0.740. The molecule has 3 radical (unpaired) electrons. The molecule has 0 aliphatic heterocycles. The maximum Gasteiger partial charge on any atom is 0.246 e. The smallest absolute Gasteiger partial charge is 0.246 e. The summed E-state index contributed by atoms with van der Waals surface area (Å²) in [5.74, 6) is 0. The van der Waals surface area contributed by atoms with E-state index in [2.05, 4.69) is 19.8 Å². The van der Waals surface area contributed by atoms with E-state index in [0.29, 0.717) is 0 Å². The number of nitrogens with zero attached hydrogens (tertiary/aromatic N) is 1. The summed E-state index contributed by atoms with van der Waals surface area (Å²) in [4.78, 5) is 2.06. The zero-order valence-corrected chi connectivity index (χ0v) is 5.77. The van der Waals surface area contributed by atoms with Crippen molar-refractivity contribution in [3.63, 3.8) is 0 Å². The summed E-state index contributed by atoms with van der Waals surface area (Å²) in [5.41, 5.74) is 0. The molecule has 2 nitrogen and oxygen atoms in total. The van der Waals surface area contributed by atoms with E-state index < -0.39 is 0 Å². The lowest BCUT2D eigenvalue weighted by molar-refractivity contribution is 0.279. The summed E-state index contributed by atoms with van der Waals surface area (Å²) in [7, 11) is 6.90. The minimum absolute atomic E-state index is 0.740. The van der Waals surface area contributed by atoms with Gasteiger partial charge in [-0.05, 0) is 14.1 Å². The Morgan fingerprint density at radius 2 is 2.14 bits per heavy atom. The summed E-state index contributed by atoms with van der Waals surface area (Å²) < 4.78 is 4.62. The average molecular weight is 116 g/mol. The predicted molar refractivity (Wildman–Crippen MR) is 30.3 cm³/mol.